The number of rotatable bonds is 3. The summed E-state index contributed by atoms with van der Waals surface area (Å²) in [7, 11) is 1.75. The average molecular weight is 270 g/mol. The third-order valence-corrected chi connectivity index (χ3v) is 3.06. The predicted octanol–water partition coefficient (Wildman–Crippen LogP) is 2.06. The molecule has 0 unspecified atom stereocenters. The molecule has 4 N–H and O–H groups in total. The van der Waals surface area contributed by atoms with E-state index >= 15 is 0 Å². The maximum atomic E-state index is 5.84. The number of nitrogens with one attached hydrogen (secondary N) is 2. The first-order valence-electron chi connectivity index (χ1n) is 6.12. The molecule has 20 heavy (non-hydrogen) atoms. The highest BCUT2D eigenvalue weighted by Crippen LogP contribution is 2.31. The van der Waals surface area contributed by atoms with Gasteiger partial charge in [-0.1, -0.05) is 29.4 Å². The number of nitrogens with two attached hydrogens (primary N) is 1. The smallest absolute Gasteiger partial charge is 0.265 e. The molecule has 1 aromatic carbocycles. The Kier molecular flexibility index (Phi) is 2.86. The summed E-state index contributed by atoms with van der Waals surface area (Å²) in [6.07, 6.45) is 0. The Morgan fingerprint density at radius 2 is 2.10 bits per heavy atom. The van der Waals surface area contributed by atoms with Gasteiger partial charge in [-0.05, 0) is 12.5 Å². The molecule has 0 bridgehead atoms. The molecule has 3 rings (SSSR count). The van der Waals surface area contributed by atoms with Gasteiger partial charge in [0, 0.05) is 12.6 Å². The number of nitrogens with zero attached hydrogens (tertiary/aromatic N) is 3. The standard InChI is InChI=1S/C13H14N6O/c1-7-5-3-4-6-8(7)11-16-13(20-19-11)9-10(14)17-18-12(9)15-2/h3-6H,1-2H3,(H4,14,15,17,18). The molecule has 0 amide bonds. The van der Waals surface area contributed by atoms with Crippen LogP contribution in [0.25, 0.3) is 22.8 Å². The zero-order chi connectivity index (χ0) is 14.1. The van der Waals surface area contributed by atoms with Crippen LogP contribution in [0.4, 0.5) is 11.6 Å². The first-order valence-corrected chi connectivity index (χ1v) is 6.12. The number of hydrogen-bond acceptors (Lipinski definition) is 6. The van der Waals surface area contributed by atoms with E-state index in [4.69, 9.17) is 10.3 Å². The van der Waals surface area contributed by atoms with Gasteiger partial charge in [0.15, 0.2) is 5.82 Å². The van der Waals surface area contributed by atoms with Crippen molar-refractivity contribution in [3.8, 4) is 22.8 Å². The third kappa shape index (κ3) is 1.89. The highest BCUT2D eigenvalue weighted by molar-refractivity contribution is 5.79. The van der Waals surface area contributed by atoms with Crippen LogP contribution in [0.1, 0.15) is 5.56 Å². The van der Waals surface area contributed by atoms with E-state index < -0.39 is 0 Å². The molecule has 0 saturated carbocycles. The van der Waals surface area contributed by atoms with Crippen LogP contribution in [0, 0.1) is 6.92 Å². The summed E-state index contributed by atoms with van der Waals surface area (Å²) in [6, 6.07) is 7.84. The van der Waals surface area contributed by atoms with Crippen LogP contribution in [0.3, 0.4) is 0 Å². The van der Waals surface area contributed by atoms with Gasteiger partial charge in [-0.2, -0.15) is 10.1 Å². The van der Waals surface area contributed by atoms with Gasteiger partial charge < -0.3 is 15.6 Å². The van der Waals surface area contributed by atoms with Crippen LogP contribution in [0.5, 0.6) is 0 Å². The van der Waals surface area contributed by atoms with Crippen molar-refractivity contribution in [1.82, 2.24) is 20.3 Å². The largest absolute Gasteiger partial charge is 0.383 e. The summed E-state index contributed by atoms with van der Waals surface area (Å²) in [5.41, 5.74) is 8.43. The fourth-order valence-electron chi connectivity index (χ4n) is 2.01. The second kappa shape index (κ2) is 4.69. The van der Waals surface area contributed by atoms with Gasteiger partial charge in [-0.3, -0.25) is 5.10 Å². The van der Waals surface area contributed by atoms with Crippen molar-refractivity contribution in [1.29, 1.82) is 0 Å². The Hall–Kier alpha value is -2.83. The van der Waals surface area contributed by atoms with Gasteiger partial charge in [-0.15, -0.1) is 0 Å². The highest BCUT2D eigenvalue weighted by atomic mass is 16.5. The molecular weight excluding hydrogens is 256 g/mol. The maximum absolute atomic E-state index is 5.84. The number of aryl methyl sites for hydroxylation is 1. The topological polar surface area (TPSA) is 106 Å². The van der Waals surface area contributed by atoms with Gasteiger partial charge in [-0.25, -0.2) is 0 Å². The normalized spacial score (nSPS) is 10.7. The molecule has 102 valence electrons. The predicted molar refractivity (Wildman–Crippen MR) is 76.0 cm³/mol. The first-order chi connectivity index (χ1) is 9.70. The van der Waals surface area contributed by atoms with Gasteiger partial charge in [0.1, 0.15) is 11.4 Å². The molecule has 0 radical (unpaired) electrons. The van der Waals surface area contributed by atoms with Crippen molar-refractivity contribution >= 4 is 11.6 Å². The summed E-state index contributed by atoms with van der Waals surface area (Å²) in [5, 5.41) is 13.6. The Bertz CT molecular complexity index is 745. The minimum absolute atomic E-state index is 0.332. The summed E-state index contributed by atoms with van der Waals surface area (Å²) >= 11 is 0. The number of hydrogen-bond donors (Lipinski definition) is 3. The fraction of sp³-hybridized carbons (Fsp3) is 0.154. The van der Waals surface area contributed by atoms with Crippen molar-refractivity contribution in [2.45, 2.75) is 6.92 Å². The molecule has 0 atom stereocenters. The van der Waals surface area contributed by atoms with Crippen LogP contribution in [-0.4, -0.2) is 27.4 Å². The van der Waals surface area contributed by atoms with E-state index in [1.54, 1.807) is 7.05 Å². The van der Waals surface area contributed by atoms with Crippen LogP contribution in [-0.2, 0) is 0 Å². The molecule has 0 spiro atoms. The van der Waals surface area contributed by atoms with E-state index in [0.29, 0.717) is 28.9 Å². The van der Waals surface area contributed by atoms with Gasteiger partial charge in [0.05, 0.1) is 0 Å². The summed E-state index contributed by atoms with van der Waals surface area (Å²) in [6.45, 7) is 2.00. The molecule has 7 heteroatoms. The maximum Gasteiger partial charge on any atom is 0.265 e. The minimum Gasteiger partial charge on any atom is -0.383 e. The average Bonchev–Trinajstić information content (AvgIpc) is 3.05. The Morgan fingerprint density at radius 1 is 1.30 bits per heavy atom. The quantitative estimate of drug-likeness (QED) is 0.672. The zero-order valence-electron chi connectivity index (χ0n) is 11.1. The first kappa shape index (κ1) is 12.2. The highest BCUT2D eigenvalue weighted by Gasteiger charge is 2.19. The summed E-state index contributed by atoms with van der Waals surface area (Å²) in [4.78, 5) is 4.40. The second-order valence-electron chi connectivity index (χ2n) is 4.35. The number of aromatic nitrogens is 4. The van der Waals surface area contributed by atoms with Gasteiger partial charge in [0.2, 0.25) is 5.82 Å². The Morgan fingerprint density at radius 3 is 2.85 bits per heavy atom. The van der Waals surface area contributed by atoms with Crippen molar-refractivity contribution < 1.29 is 4.52 Å². The number of nitrogen functional groups attached to an aromatic ring is 1. The lowest BCUT2D eigenvalue weighted by Crippen LogP contribution is -1.92. The van der Waals surface area contributed by atoms with E-state index in [1.807, 2.05) is 31.2 Å². The van der Waals surface area contributed by atoms with Crippen molar-refractivity contribution in [2.24, 2.45) is 0 Å². The van der Waals surface area contributed by atoms with E-state index in [0.717, 1.165) is 11.1 Å². The Labute approximate surface area is 115 Å². The molecule has 7 nitrogen and oxygen atoms in total. The van der Waals surface area contributed by atoms with E-state index in [1.165, 1.54) is 0 Å². The third-order valence-electron chi connectivity index (χ3n) is 3.06. The van der Waals surface area contributed by atoms with Crippen molar-refractivity contribution in [2.75, 3.05) is 18.1 Å². The summed E-state index contributed by atoms with van der Waals surface area (Å²) in [5.74, 6) is 1.82. The number of benzene rings is 1. The van der Waals surface area contributed by atoms with E-state index in [-0.39, 0.29) is 0 Å². The molecule has 0 aliphatic carbocycles. The molecule has 2 aromatic heterocycles. The molecule has 0 saturated heterocycles. The van der Waals surface area contributed by atoms with Crippen molar-refractivity contribution in [3.05, 3.63) is 29.8 Å². The number of H-pyrrole nitrogens is 1. The van der Waals surface area contributed by atoms with E-state index in [2.05, 4.69) is 25.7 Å². The molecule has 3 aromatic rings. The lowest BCUT2D eigenvalue weighted by molar-refractivity contribution is 0.432. The molecule has 0 aliphatic rings. The van der Waals surface area contributed by atoms with Crippen LogP contribution >= 0.6 is 0 Å². The number of anilines is 2. The molecule has 0 fully saturated rings. The fourth-order valence-corrected chi connectivity index (χ4v) is 2.01. The van der Waals surface area contributed by atoms with Crippen LogP contribution in [0.15, 0.2) is 28.8 Å². The monoisotopic (exact) mass is 270 g/mol. The molecule has 0 aliphatic heterocycles. The summed E-state index contributed by atoms with van der Waals surface area (Å²) < 4.78 is 5.30. The number of aromatic amines is 1. The molecule has 2 heterocycles. The Balaban J connectivity index is 2.07. The van der Waals surface area contributed by atoms with Crippen LogP contribution in [0.2, 0.25) is 0 Å². The van der Waals surface area contributed by atoms with Gasteiger partial charge in [0.25, 0.3) is 5.89 Å². The van der Waals surface area contributed by atoms with Gasteiger partial charge >= 0.3 is 0 Å². The minimum atomic E-state index is 0.332. The lowest BCUT2D eigenvalue weighted by Gasteiger charge is -1.98. The van der Waals surface area contributed by atoms with Crippen molar-refractivity contribution in [3.63, 3.8) is 0 Å². The zero-order valence-corrected chi connectivity index (χ0v) is 11.1. The SMILES string of the molecule is CNc1n[nH]c(N)c1-c1nc(-c2ccccc2C)no1. The lowest BCUT2D eigenvalue weighted by atomic mass is 10.1. The second-order valence-corrected chi connectivity index (χ2v) is 4.35. The molecular formula is C13H14N6O. The van der Waals surface area contributed by atoms with E-state index in [9.17, 15) is 0 Å². The van der Waals surface area contributed by atoms with Crippen LogP contribution < -0.4 is 11.1 Å².